The lowest BCUT2D eigenvalue weighted by molar-refractivity contribution is -0.113. The van der Waals surface area contributed by atoms with Crippen molar-refractivity contribution in [2.24, 2.45) is 5.14 Å². The van der Waals surface area contributed by atoms with Gasteiger partial charge in [0.25, 0.3) is 0 Å². The molecule has 4 nitrogen and oxygen atoms in total. The second-order valence-electron chi connectivity index (χ2n) is 2.16. The van der Waals surface area contributed by atoms with Crippen molar-refractivity contribution in [3.8, 4) is 0 Å². The van der Waals surface area contributed by atoms with Gasteiger partial charge in [-0.3, -0.25) is 4.79 Å². The molecule has 1 aliphatic carbocycles. The Kier molecular flexibility index (Phi) is 1.92. The number of hydrogen-bond acceptors (Lipinski definition) is 3. The summed E-state index contributed by atoms with van der Waals surface area (Å²) in [5.41, 5.74) is 0. The number of allylic oxidation sites excluding steroid dienone is 3. The second kappa shape index (κ2) is 2.60. The van der Waals surface area contributed by atoms with Crippen LogP contribution in [0.2, 0.25) is 0 Å². The molecule has 2 N–H and O–H groups in total. The van der Waals surface area contributed by atoms with Gasteiger partial charge in [0.1, 0.15) is 0 Å². The van der Waals surface area contributed by atoms with E-state index in [1.165, 1.54) is 18.2 Å². The van der Waals surface area contributed by atoms with Gasteiger partial charge in [-0.1, -0.05) is 6.08 Å². The first-order valence-electron chi connectivity index (χ1n) is 2.94. The number of hydrogen-bond donors (Lipinski definition) is 1. The summed E-state index contributed by atoms with van der Waals surface area (Å²) < 4.78 is 21.3. The van der Waals surface area contributed by atoms with E-state index in [0.717, 1.165) is 0 Å². The maximum atomic E-state index is 10.6. The van der Waals surface area contributed by atoms with E-state index in [1.54, 1.807) is 0 Å². The van der Waals surface area contributed by atoms with Crippen LogP contribution in [0.1, 0.15) is 6.42 Å². The van der Waals surface area contributed by atoms with Gasteiger partial charge in [0.05, 0.1) is 4.91 Å². The zero-order valence-electron chi connectivity index (χ0n) is 5.65. The molecule has 0 saturated heterocycles. The van der Waals surface area contributed by atoms with Crippen LogP contribution < -0.4 is 5.14 Å². The van der Waals surface area contributed by atoms with Gasteiger partial charge in [0.2, 0.25) is 10.0 Å². The minimum Gasteiger partial charge on any atom is -0.295 e. The molecule has 0 bridgehead atoms. The molecule has 1 rings (SSSR count). The number of primary sulfonamides is 1. The van der Waals surface area contributed by atoms with Crippen LogP contribution in [0.5, 0.6) is 0 Å². The Morgan fingerprint density at radius 2 is 2.00 bits per heavy atom. The number of nitrogens with two attached hydrogens (primary N) is 1. The van der Waals surface area contributed by atoms with Gasteiger partial charge in [0, 0.05) is 6.42 Å². The van der Waals surface area contributed by atoms with Gasteiger partial charge in [-0.05, 0) is 12.2 Å². The first-order valence-corrected chi connectivity index (χ1v) is 4.48. The molecule has 0 radical (unpaired) electrons. The molecule has 0 aromatic rings. The summed E-state index contributed by atoms with van der Waals surface area (Å²) in [4.78, 5) is 10.6. The van der Waals surface area contributed by atoms with Crippen LogP contribution in [-0.4, -0.2) is 14.2 Å². The van der Waals surface area contributed by atoms with E-state index in [0.29, 0.717) is 0 Å². The number of sulfonamides is 1. The van der Waals surface area contributed by atoms with E-state index in [2.05, 4.69) is 0 Å². The van der Waals surface area contributed by atoms with Crippen molar-refractivity contribution in [2.45, 2.75) is 6.42 Å². The molecule has 60 valence electrons. The highest BCUT2D eigenvalue weighted by Crippen LogP contribution is 2.10. The Bertz CT molecular complexity index is 337. The third-order valence-electron chi connectivity index (χ3n) is 1.27. The van der Waals surface area contributed by atoms with Crippen LogP contribution in [0, 0.1) is 0 Å². The number of rotatable bonds is 1. The minimum absolute atomic E-state index is 0.0112. The van der Waals surface area contributed by atoms with E-state index < -0.39 is 10.0 Å². The number of carbonyl (C=O) groups is 1. The van der Waals surface area contributed by atoms with Crippen LogP contribution in [0.4, 0.5) is 0 Å². The topological polar surface area (TPSA) is 77.2 Å². The molecule has 0 heterocycles. The van der Waals surface area contributed by atoms with Crippen LogP contribution in [0.25, 0.3) is 0 Å². The summed E-state index contributed by atoms with van der Waals surface area (Å²) in [5.74, 6) is -0.114. The highest BCUT2D eigenvalue weighted by molar-refractivity contribution is 7.93. The monoisotopic (exact) mass is 173 g/mol. The van der Waals surface area contributed by atoms with Gasteiger partial charge in [-0.15, -0.1) is 0 Å². The minimum atomic E-state index is -3.63. The molecule has 0 fully saturated rings. The fourth-order valence-electron chi connectivity index (χ4n) is 0.723. The van der Waals surface area contributed by atoms with Crippen LogP contribution in [-0.2, 0) is 14.8 Å². The average molecular weight is 173 g/mol. The van der Waals surface area contributed by atoms with E-state index >= 15 is 0 Å². The van der Waals surface area contributed by atoms with Crippen molar-refractivity contribution >= 4 is 15.8 Å². The van der Waals surface area contributed by atoms with Crippen LogP contribution in [0.3, 0.4) is 0 Å². The molecule has 0 amide bonds. The van der Waals surface area contributed by atoms with E-state index in [4.69, 9.17) is 5.14 Å². The van der Waals surface area contributed by atoms with Crippen molar-refractivity contribution in [2.75, 3.05) is 0 Å². The summed E-state index contributed by atoms with van der Waals surface area (Å²) in [7, 11) is -3.63. The lowest BCUT2D eigenvalue weighted by Crippen LogP contribution is -2.15. The molecular formula is C6H7NO3S. The highest BCUT2D eigenvalue weighted by Gasteiger charge is 2.12. The van der Waals surface area contributed by atoms with Gasteiger partial charge >= 0.3 is 0 Å². The normalized spacial score (nSPS) is 18.3. The second-order valence-corrected chi connectivity index (χ2v) is 3.72. The molecule has 5 heteroatoms. The molecule has 0 spiro atoms. The maximum Gasteiger partial charge on any atom is 0.237 e. The summed E-state index contributed by atoms with van der Waals surface area (Å²) in [6, 6.07) is 0. The summed E-state index contributed by atoms with van der Waals surface area (Å²) >= 11 is 0. The van der Waals surface area contributed by atoms with Gasteiger partial charge in [-0.2, -0.15) is 0 Å². The summed E-state index contributed by atoms with van der Waals surface area (Å²) in [6.45, 7) is 0. The Morgan fingerprint density at radius 3 is 2.36 bits per heavy atom. The Labute approximate surface area is 64.4 Å². The Balaban J connectivity index is 2.97. The van der Waals surface area contributed by atoms with E-state index in [9.17, 15) is 13.2 Å². The fourth-order valence-corrected chi connectivity index (χ4v) is 1.30. The largest absolute Gasteiger partial charge is 0.295 e. The van der Waals surface area contributed by atoms with Gasteiger partial charge in [0.15, 0.2) is 5.78 Å². The van der Waals surface area contributed by atoms with E-state index in [1.807, 2.05) is 0 Å². The van der Waals surface area contributed by atoms with Crippen molar-refractivity contribution < 1.29 is 13.2 Å². The van der Waals surface area contributed by atoms with Gasteiger partial charge < -0.3 is 0 Å². The molecule has 0 saturated carbocycles. The first-order chi connectivity index (χ1) is 5.00. The van der Waals surface area contributed by atoms with Crippen LogP contribution in [0.15, 0.2) is 23.1 Å². The van der Waals surface area contributed by atoms with Crippen molar-refractivity contribution in [1.29, 1.82) is 0 Å². The molecule has 0 atom stereocenters. The summed E-state index contributed by atoms with van der Waals surface area (Å²) in [6.07, 6.45) is 3.83. The lowest BCUT2D eigenvalue weighted by Gasteiger charge is -2.01. The number of ketones is 1. The lowest BCUT2D eigenvalue weighted by atomic mass is 10.2. The predicted octanol–water partition coefficient (Wildman–Crippen LogP) is -0.312. The third-order valence-corrected chi connectivity index (χ3v) is 2.23. The molecule has 0 aromatic carbocycles. The predicted molar refractivity (Wildman–Crippen MR) is 40.0 cm³/mol. The molecule has 0 unspecified atom stereocenters. The highest BCUT2D eigenvalue weighted by atomic mass is 32.2. The standard InChI is InChI=1S/C6H7NO3S/c7-11(9,10)6-3-1-5(8)2-4-6/h1,3-4H,2H2,(H2,7,9,10). The molecule has 0 aliphatic heterocycles. The smallest absolute Gasteiger partial charge is 0.237 e. The van der Waals surface area contributed by atoms with Crippen molar-refractivity contribution in [1.82, 2.24) is 0 Å². The SMILES string of the molecule is NS(=O)(=O)C1=CCC(=O)C=C1. The third kappa shape index (κ3) is 1.99. The Hall–Kier alpha value is -0.940. The van der Waals surface area contributed by atoms with Crippen molar-refractivity contribution in [3.05, 3.63) is 23.1 Å². The van der Waals surface area contributed by atoms with Crippen LogP contribution >= 0.6 is 0 Å². The van der Waals surface area contributed by atoms with Gasteiger partial charge in [-0.25, -0.2) is 13.6 Å². The van der Waals surface area contributed by atoms with E-state index in [-0.39, 0.29) is 17.1 Å². The average Bonchev–Trinajstić information content (AvgIpc) is 1.86. The molecule has 0 aromatic heterocycles. The fraction of sp³-hybridized carbons (Fsp3) is 0.167. The maximum absolute atomic E-state index is 10.6. The zero-order chi connectivity index (χ0) is 8.48. The van der Waals surface area contributed by atoms with Crippen molar-refractivity contribution in [3.63, 3.8) is 0 Å². The first kappa shape index (κ1) is 8.16. The quantitative estimate of drug-likeness (QED) is 0.590. The number of carbonyl (C=O) groups excluding carboxylic acids is 1. The Morgan fingerprint density at radius 1 is 1.36 bits per heavy atom. The molecular weight excluding hydrogens is 166 g/mol. The molecule has 11 heavy (non-hydrogen) atoms. The zero-order valence-corrected chi connectivity index (χ0v) is 6.47. The molecule has 1 aliphatic rings. The summed E-state index contributed by atoms with van der Waals surface area (Å²) in [5, 5.41) is 4.80.